The first-order valence-electron chi connectivity index (χ1n) is 5.88. The lowest BCUT2D eigenvalue weighted by molar-refractivity contribution is 0.413. The number of hydrogen-bond donors (Lipinski definition) is 1. The molecule has 0 radical (unpaired) electrons. The maximum Gasteiger partial charge on any atom is 0.137 e. The van der Waals surface area contributed by atoms with Gasteiger partial charge in [0.25, 0.3) is 0 Å². The summed E-state index contributed by atoms with van der Waals surface area (Å²) >= 11 is 6.01. The van der Waals surface area contributed by atoms with E-state index in [-0.39, 0.29) is 6.04 Å². The zero-order valence-corrected chi connectivity index (χ0v) is 11.6. The molecule has 19 heavy (non-hydrogen) atoms. The SMILES string of the molecule is COc1cccc(C(N)c2ccc(Cl)c(OC)c2)c1. The minimum Gasteiger partial charge on any atom is -0.497 e. The van der Waals surface area contributed by atoms with Crippen molar-refractivity contribution in [2.45, 2.75) is 6.04 Å². The average Bonchev–Trinajstić information content (AvgIpc) is 2.47. The summed E-state index contributed by atoms with van der Waals surface area (Å²) in [5, 5.41) is 0.573. The van der Waals surface area contributed by atoms with Gasteiger partial charge in [0.15, 0.2) is 0 Å². The minimum absolute atomic E-state index is 0.249. The van der Waals surface area contributed by atoms with E-state index in [1.807, 2.05) is 36.4 Å². The Kier molecular flexibility index (Phi) is 4.30. The van der Waals surface area contributed by atoms with E-state index >= 15 is 0 Å². The first-order chi connectivity index (χ1) is 9.15. The second kappa shape index (κ2) is 5.95. The summed E-state index contributed by atoms with van der Waals surface area (Å²) in [5.41, 5.74) is 8.17. The molecule has 2 aromatic rings. The monoisotopic (exact) mass is 277 g/mol. The highest BCUT2D eigenvalue weighted by atomic mass is 35.5. The molecule has 2 N–H and O–H groups in total. The summed E-state index contributed by atoms with van der Waals surface area (Å²) in [5.74, 6) is 1.41. The van der Waals surface area contributed by atoms with Crippen LogP contribution in [0.2, 0.25) is 5.02 Å². The summed E-state index contributed by atoms with van der Waals surface area (Å²) < 4.78 is 10.4. The predicted octanol–water partition coefficient (Wildman–Crippen LogP) is 3.41. The van der Waals surface area contributed by atoms with Gasteiger partial charge in [-0.25, -0.2) is 0 Å². The fourth-order valence-corrected chi connectivity index (χ4v) is 2.09. The molecule has 1 atom stereocenters. The molecule has 0 saturated carbocycles. The highest BCUT2D eigenvalue weighted by Crippen LogP contribution is 2.30. The molecule has 0 spiro atoms. The van der Waals surface area contributed by atoms with Crippen LogP contribution < -0.4 is 15.2 Å². The number of rotatable bonds is 4. The van der Waals surface area contributed by atoms with E-state index in [1.165, 1.54) is 0 Å². The van der Waals surface area contributed by atoms with Gasteiger partial charge in [-0.3, -0.25) is 0 Å². The van der Waals surface area contributed by atoms with Crippen molar-refractivity contribution in [3.05, 3.63) is 58.6 Å². The number of nitrogens with two attached hydrogens (primary N) is 1. The van der Waals surface area contributed by atoms with E-state index in [0.29, 0.717) is 10.8 Å². The van der Waals surface area contributed by atoms with Crippen LogP contribution in [0.25, 0.3) is 0 Å². The number of methoxy groups -OCH3 is 2. The van der Waals surface area contributed by atoms with Gasteiger partial charge in [0.2, 0.25) is 0 Å². The lowest BCUT2D eigenvalue weighted by Crippen LogP contribution is -2.12. The molecule has 4 heteroatoms. The van der Waals surface area contributed by atoms with Crippen LogP contribution in [0.5, 0.6) is 11.5 Å². The number of halogens is 1. The van der Waals surface area contributed by atoms with Crippen molar-refractivity contribution >= 4 is 11.6 Å². The van der Waals surface area contributed by atoms with E-state index in [1.54, 1.807) is 20.3 Å². The van der Waals surface area contributed by atoms with E-state index in [2.05, 4.69) is 0 Å². The molecular weight excluding hydrogens is 262 g/mol. The Balaban J connectivity index is 2.35. The Morgan fingerprint density at radius 2 is 1.74 bits per heavy atom. The number of hydrogen-bond acceptors (Lipinski definition) is 3. The highest BCUT2D eigenvalue weighted by molar-refractivity contribution is 6.32. The van der Waals surface area contributed by atoms with Crippen molar-refractivity contribution in [2.24, 2.45) is 5.73 Å². The molecule has 1 unspecified atom stereocenters. The van der Waals surface area contributed by atoms with E-state index < -0.39 is 0 Å². The molecule has 0 aromatic heterocycles. The van der Waals surface area contributed by atoms with Crippen LogP contribution >= 0.6 is 11.6 Å². The molecule has 3 nitrogen and oxygen atoms in total. The number of ether oxygens (including phenoxy) is 2. The van der Waals surface area contributed by atoms with Crippen molar-refractivity contribution in [3.8, 4) is 11.5 Å². The molecule has 0 fully saturated rings. The van der Waals surface area contributed by atoms with E-state index in [0.717, 1.165) is 16.9 Å². The fourth-order valence-electron chi connectivity index (χ4n) is 1.90. The first kappa shape index (κ1) is 13.7. The smallest absolute Gasteiger partial charge is 0.137 e. The summed E-state index contributed by atoms with van der Waals surface area (Å²) in [6, 6.07) is 13.0. The standard InChI is InChI=1S/C15H16ClNO2/c1-18-12-5-3-4-10(8-12)15(17)11-6-7-13(16)14(9-11)19-2/h3-9,15H,17H2,1-2H3. The van der Waals surface area contributed by atoms with Crippen LogP contribution in [0.4, 0.5) is 0 Å². The molecule has 0 aliphatic carbocycles. The topological polar surface area (TPSA) is 44.5 Å². The Morgan fingerprint density at radius 1 is 1.00 bits per heavy atom. The van der Waals surface area contributed by atoms with Gasteiger partial charge in [-0.2, -0.15) is 0 Å². The van der Waals surface area contributed by atoms with E-state index in [4.69, 9.17) is 26.8 Å². The second-order valence-electron chi connectivity index (χ2n) is 4.15. The third-order valence-corrected chi connectivity index (χ3v) is 3.30. The lowest BCUT2D eigenvalue weighted by atomic mass is 9.99. The van der Waals surface area contributed by atoms with Gasteiger partial charge in [-0.15, -0.1) is 0 Å². The van der Waals surface area contributed by atoms with Gasteiger partial charge in [0.1, 0.15) is 11.5 Å². The molecule has 0 saturated heterocycles. The lowest BCUT2D eigenvalue weighted by Gasteiger charge is -2.15. The van der Waals surface area contributed by atoms with Crippen molar-refractivity contribution in [1.82, 2.24) is 0 Å². The Hall–Kier alpha value is -1.71. The quantitative estimate of drug-likeness (QED) is 0.931. The largest absolute Gasteiger partial charge is 0.497 e. The fraction of sp³-hybridized carbons (Fsp3) is 0.200. The molecule has 0 aliphatic rings. The van der Waals surface area contributed by atoms with Gasteiger partial charge in [-0.05, 0) is 35.4 Å². The van der Waals surface area contributed by atoms with Crippen LogP contribution in [0.3, 0.4) is 0 Å². The van der Waals surface area contributed by atoms with Crippen molar-refractivity contribution in [3.63, 3.8) is 0 Å². The summed E-state index contributed by atoms with van der Waals surface area (Å²) in [6.45, 7) is 0. The van der Waals surface area contributed by atoms with Gasteiger partial charge >= 0.3 is 0 Å². The maximum atomic E-state index is 6.26. The van der Waals surface area contributed by atoms with Crippen molar-refractivity contribution < 1.29 is 9.47 Å². The Bertz CT molecular complexity index is 572. The predicted molar refractivity (Wildman–Crippen MR) is 77.0 cm³/mol. The Labute approximate surface area is 117 Å². The minimum atomic E-state index is -0.249. The van der Waals surface area contributed by atoms with Crippen LogP contribution in [-0.2, 0) is 0 Å². The van der Waals surface area contributed by atoms with Gasteiger partial charge in [-0.1, -0.05) is 29.8 Å². The summed E-state index contributed by atoms with van der Waals surface area (Å²) in [6.07, 6.45) is 0. The van der Waals surface area contributed by atoms with Crippen LogP contribution in [-0.4, -0.2) is 14.2 Å². The third-order valence-electron chi connectivity index (χ3n) is 2.99. The third kappa shape index (κ3) is 3.00. The van der Waals surface area contributed by atoms with Crippen LogP contribution in [0.15, 0.2) is 42.5 Å². The average molecular weight is 278 g/mol. The molecule has 0 heterocycles. The Morgan fingerprint density at radius 3 is 2.42 bits per heavy atom. The second-order valence-corrected chi connectivity index (χ2v) is 4.56. The van der Waals surface area contributed by atoms with Crippen molar-refractivity contribution in [1.29, 1.82) is 0 Å². The first-order valence-corrected chi connectivity index (χ1v) is 6.26. The molecular formula is C15H16ClNO2. The molecule has 2 rings (SSSR count). The highest BCUT2D eigenvalue weighted by Gasteiger charge is 2.12. The van der Waals surface area contributed by atoms with Crippen molar-refractivity contribution in [2.75, 3.05) is 14.2 Å². The normalized spacial score (nSPS) is 12.0. The summed E-state index contributed by atoms with van der Waals surface area (Å²) in [4.78, 5) is 0. The number of benzene rings is 2. The van der Waals surface area contributed by atoms with Gasteiger partial charge in [0, 0.05) is 0 Å². The molecule has 0 aliphatic heterocycles. The van der Waals surface area contributed by atoms with Crippen LogP contribution in [0, 0.1) is 0 Å². The summed E-state index contributed by atoms with van der Waals surface area (Å²) in [7, 11) is 3.22. The van der Waals surface area contributed by atoms with Gasteiger partial charge < -0.3 is 15.2 Å². The van der Waals surface area contributed by atoms with Crippen LogP contribution in [0.1, 0.15) is 17.2 Å². The maximum absolute atomic E-state index is 6.26. The molecule has 100 valence electrons. The zero-order valence-electron chi connectivity index (χ0n) is 10.9. The molecule has 0 amide bonds. The molecule has 0 bridgehead atoms. The molecule has 2 aromatic carbocycles. The zero-order chi connectivity index (χ0) is 13.8. The van der Waals surface area contributed by atoms with Gasteiger partial charge in [0.05, 0.1) is 25.3 Å². The van der Waals surface area contributed by atoms with E-state index in [9.17, 15) is 0 Å².